The van der Waals surface area contributed by atoms with Gasteiger partial charge in [-0.25, -0.2) is 0 Å². The van der Waals surface area contributed by atoms with Crippen LogP contribution in [-0.2, 0) is 4.79 Å². The van der Waals surface area contributed by atoms with Crippen molar-refractivity contribution in [1.82, 2.24) is 0 Å². The fourth-order valence-electron chi connectivity index (χ4n) is 0. The molecule has 4 nitrogen and oxygen atoms in total. The minimum absolute atomic E-state index is 0. The Hall–Kier alpha value is 0.650. The number of hydrogen-bond acceptors (Lipinski definition) is 1. The van der Waals surface area contributed by atoms with Gasteiger partial charge >= 0.3 is 0 Å². The number of aliphatic carboxylic acids is 1. The average Bonchev–Trinajstić information content (AvgIpc) is 0.811. The SMILES string of the molecule is CC(=O)O.O.O.[Ca]. The van der Waals surface area contributed by atoms with E-state index in [0.29, 0.717) is 0 Å². The van der Waals surface area contributed by atoms with E-state index < -0.39 is 5.97 Å². The molecule has 0 aliphatic rings. The summed E-state index contributed by atoms with van der Waals surface area (Å²) >= 11 is 0. The van der Waals surface area contributed by atoms with Crippen LogP contribution in [0.4, 0.5) is 0 Å². The molecule has 0 amide bonds. The Morgan fingerprint density at radius 2 is 1.43 bits per heavy atom. The molecule has 0 unspecified atom stereocenters. The zero-order chi connectivity index (χ0) is 3.58. The molecule has 42 valence electrons. The molecule has 7 heavy (non-hydrogen) atoms. The van der Waals surface area contributed by atoms with Gasteiger partial charge in [-0.05, 0) is 0 Å². The molecule has 0 aromatic carbocycles. The number of hydrogen-bond donors (Lipinski definition) is 1. The Balaban J connectivity index is -0.0000000150. The predicted octanol–water partition coefficient (Wildman–Crippen LogP) is -1.94. The van der Waals surface area contributed by atoms with E-state index >= 15 is 0 Å². The van der Waals surface area contributed by atoms with Crippen molar-refractivity contribution in [2.24, 2.45) is 0 Å². The van der Waals surface area contributed by atoms with Crippen molar-refractivity contribution in [2.75, 3.05) is 0 Å². The third-order valence-electron chi connectivity index (χ3n) is 0. The van der Waals surface area contributed by atoms with Crippen LogP contribution in [0.5, 0.6) is 0 Å². The summed E-state index contributed by atoms with van der Waals surface area (Å²) in [6, 6.07) is 0. The standard InChI is InChI=1S/C2H4O2.Ca.2H2O/c1-2(3)4;;;/h1H3,(H,3,4);;2*1H2. The zero-order valence-electron chi connectivity index (χ0n) is 4.06. The van der Waals surface area contributed by atoms with Gasteiger partial charge in [0.15, 0.2) is 0 Å². The van der Waals surface area contributed by atoms with Crippen LogP contribution < -0.4 is 0 Å². The summed E-state index contributed by atoms with van der Waals surface area (Å²) in [6.07, 6.45) is 0. The molecule has 0 aromatic rings. The maximum absolute atomic E-state index is 9.00. The maximum Gasteiger partial charge on any atom is 0.300 e. The van der Waals surface area contributed by atoms with Gasteiger partial charge in [-0.15, -0.1) is 0 Å². The number of carboxylic acids is 1. The minimum Gasteiger partial charge on any atom is -0.481 e. The molecule has 5 heteroatoms. The molecule has 0 aliphatic carbocycles. The molecular formula is C2H8CaO4. The minimum atomic E-state index is -0.833. The smallest absolute Gasteiger partial charge is 0.300 e. The van der Waals surface area contributed by atoms with Gasteiger partial charge < -0.3 is 16.1 Å². The summed E-state index contributed by atoms with van der Waals surface area (Å²) in [5.41, 5.74) is 0. The fourth-order valence-corrected chi connectivity index (χ4v) is 0. The van der Waals surface area contributed by atoms with Gasteiger partial charge in [0.25, 0.3) is 5.97 Å². The molecule has 0 fully saturated rings. The van der Waals surface area contributed by atoms with Gasteiger partial charge in [0, 0.05) is 44.7 Å². The van der Waals surface area contributed by atoms with E-state index in [4.69, 9.17) is 9.90 Å². The summed E-state index contributed by atoms with van der Waals surface area (Å²) in [6.45, 7) is 1.08. The first-order valence-corrected chi connectivity index (χ1v) is 0.928. The van der Waals surface area contributed by atoms with Crippen LogP contribution in [0, 0.1) is 0 Å². The molecule has 0 saturated heterocycles. The van der Waals surface area contributed by atoms with E-state index in [-0.39, 0.29) is 48.7 Å². The van der Waals surface area contributed by atoms with Gasteiger partial charge in [-0.3, -0.25) is 4.79 Å². The van der Waals surface area contributed by atoms with Crippen LogP contribution in [0.3, 0.4) is 0 Å². The average molecular weight is 136 g/mol. The molecule has 0 bridgehead atoms. The molecule has 2 radical (unpaired) electrons. The van der Waals surface area contributed by atoms with Crippen LogP contribution in [0.25, 0.3) is 0 Å². The topological polar surface area (TPSA) is 100 Å². The largest absolute Gasteiger partial charge is 0.481 e. The van der Waals surface area contributed by atoms with Crippen LogP contribution >= 0.6 is 0 Å². The van der Waals surface area contributed by atoms with Gasteiger partial charge in [0.05, 0.1) is 0 Å². The van der Waals surface area contributed by atoms with Gasteiger partial charge in [0.2, 0.25) is 0 Å². The van der Waals surface area contributed by atoms with Gasteiger partial charge in [0.1, 0.15) is 0 Å². The normalized spacial score (nSPS) is 3.57. The summed E-state index contributed by atoms with van der Waals surface area (Å²) in [4.78, 5) is 9.00. The first-order valence-electron chi connectivity index (χ1n) is 0.928. The first kappa shape index (κ1) is 25.4. The van der Waals surface area contributed by atoms with E-state index in [1.54, 1.807) is 0 Å². The van der Waals surface area contributed by atoms with E-state index in [9.17, 15) is 0 Å². The third kappa shape index (κ3) is 341. The molecule has 0 aromatic heterocycles. The molecule has 0 saturated carbocycles. The maximum atomic E-state index is 9.00. The van der Waals surface area contributed by atoms with Crippen molar-refractivity contribution in [3.8, 4) is 0 Å². The Morgan fingerprint density at radius 1 is 1.43 bits per heavy atom. The molecule has 0 atom stereocenters. The fraction of sp³-hybridized carbons (Fsp3) is 0.500. The van der Waals surface area contributed by atoms with Crippen molar-refractivity contribution in [3.05, 3.63) is 0 Å². The van der Waals surface area contributed by atoms with Gasteiger partial charge in [-0.2, -0.15) is 0 Å². The molecule has 0 spiro atoms. The number of rotatable bonds is 0. The van der Waals surface area contributed by atoms with Crippen molar-refractivity contribution < 1.29 is 20.9 Å². The third-order valence-corrected chi connectivity index (χ3v) is 0. The van der Waals surface area contributed by atoms with Crippen molar-refractivity contribution in [1.29, 1.82) is 0 Å². The van der Waals surface area contributed by atoms with Crippen molar-refractivity contribution in [2.45, 2.75) is 6.92 Å². The monoisotopic (exact) mass is 136 g/mol. The summed E-state index contributed by atoms with van der Waals surface area (Å²) in [5.74, 6) is -0.833. The van der Waals surface area contributed by atoms with E-state index in [0.717, 1.165) is 6.92 Å². The van der Waals surface area contributed by atoms with Crippen LogP contribution in [0.1, 0.15) is 6.92 Å². The molecule has 0 heterocycles. The Labute approximate surface area is 71.1 Å². The zero-order valence-corrected chi connectivity index (χ0v) is 6.27. The summed E-state index contributed by atoms with van der Waals surface area (Å²) in [7, 11) is 0. The predicted molar refractivity (Wildman–Crippen MR) is 26.3 cm³/mol. The number of carbonyl (C=O) groups is 1. The van der Waals surface area contributed by atoms with Crippen molar-refractivity contribution >= 4 is 43.7 Å². The van der Waals surface area contributed by atoms with Crippen LogP contribution in [0.15, 0.2) is 0 Å². The second-order valence-electron chi connectivity index (χ2n) is 0.519. The second kappa shape index (κ2) is 15.9. The quantitative estimate of drug-likeness (QED) is 0.392. The van der Waals surface area contributed by atoms with E-state index in [1.165, 1.54) is 0 Å². The molecule has 0 aliphatic heterocycles. The molecular weight excluding hydrogens is 128 g/mol. The Bertz CT molecular complexity index is 32.7. The number of carboxylic acid groups (broad SMARTS) is 1. The van der Waals surface area contributed by atoms with E-state index in [1.807, 2.05) is 0 Å². The van der Waals surface area contributed by atoms with E-state index in [2.05, 4.69) is 0 Å². The van der Waals surface area contributed by atoms with Crippen LogP contribution in [-0.4, -0.2) is 59.8 Å². The van der Waals surface area contributed by atoms with Crippen molar-refractivity contribution in [3.63, 3.8) is 0 Å². The second-order valence-corrected chi connectivity index (χ2v) is 0.519. The first-order chi connectivity index (χ1) is 1.73. The molecule has 0 rings (SSSR count). The molecule has 5 N–H and O–H groups in total. The van der Waals surface area contributed by atoms with Crippen LogP contribution in [0.2, 0.25) is 0 Å². The Kier molecular flexibility index (Phi) is 57.8. The summed E-state index contributed by atoms with van der Waals surface area (Å²) in [5, 5.41) is 7.42. The Morgan fingerprint density at radius 3 is 1.43 bits per heavy atom. The summed E-state index contributed by atoms with van der Waals surface area (Å²) < 4.78 is 0. The van der Waals surface area contributed by atoms with Gasteiger partial charge in [-0.1, -0.05) is 0 Å².